The number of rotatable bonds is 8. The molecular weight excluding hydrogens is 364 g/mol. The Labute approximate surface area is 165 Å². The quantitative estimate of drug-likeness (QED) is 0.681. The molecule has 0 aliphatic heterocycles. The molecule has 2 aromatic carbocycles. The predicted molar refractivity (Wildman–Crippen MR) is 107 cm³/mol. The Morgan fingerprint density at radius 1 is 0.926 bits per heavy atom. The van der Waals surface area contributed by atoms with E-state index in [2.05, 4.69) is 10.6 Å². The number of carbonyl (C=O) groups is 2. The van der Waals surface area contributed by atoms with Crippen LogP contribution in [-0.2, 0) is 22.6 Å². The zero-order chi connectivity index (χ0) is 19.9. The summed E-state index contributed by atoms with van der Waals surface area (Å²) in [4.78, 5) is 24.9. The van der Waals surface area contributed by atoms with E-state index < -0.39 is 5.41 Å². The van der Waals surface area contributed by atoms with Gasteiger partial charge >= 0.3 is 0 Å². The summed E-state index contributed by atoms with van der Waals surface area (Å²) in [5.41, 5.74) is 0.844. The molecule has 0 spiro atoms. The molecule has 6 heteroatoms. The summed E-state index contributed by atoms with van der Waals surface area (Å²) in [7, 11) is 1.62. The van der Waals surface area contributed by atoms with E-state index >= 15 is 0 Å². The molecule has 0 saturated carbocycles. The molecule has 27 heavy (non-hydrogen) atoms. The van der Waals surface area contributed by atoms with Crippen LogP contribution in [0, 0.1) is 5.41 Å². The molecule has 2 aromatic rings. The number of hydrogen-bond acceptors (Lipinski definition) is 3. The Balaban J connectivity index is 1.81. The fourth-order valence-electron chi connectivity index (χ4n) is 2.44. The second kappa shape index (κ2) is 9.42. The minimum atomic E-state index is -1.16. The summed E-state index contributed by atoms with van der Waals surface area (Å²) in [6.45, 7) is 4.04. The average Bonchev–Trinajstić information content (AvgIpc) is 2.67. The van der Waals surface area contributed by atoms with Gasteiger partial charge in [0.2, 0.25) is 11.8 Å². The van der Waals surface area contributed by atoms with Crippen molar-refractivity contribution in [2.45, 2.75) is 26.8 Å². The number of carbonyl (C=O) groups excluding carboxylic acids is 2. The SMILES string of the molecule is COc1ccc(CCNC(=O)C(C)(C)C(=O)NCc2ccc(Cl)cc2)cc1. The summed E-state index contributed by atoms with van der Waals surface area (Å²) in [5, 5.41) is 6.28. The standard InChI is InChI=1S/C21H25ClN2O3/c1-21(2,20(26)24-14-16-4-8-17(22)9-5-16)19(25)23-13-12-15-6-10-18(27-3)11-7-15/h4-11H,12-14H2,1-3H3,(H,23,25)(H,24,26). The first-order valence-corrected chi connectivity index (χ1v) is 9.14. The van der Waals surface area contributed by atoms with Crippen LogP contribution in [0.2, 0.25) is 5.02 Å². The third-order valence-electron chi connectivity index (χ3n) is 4.36. The molecule has 0 aliphatic rings. The number of nitrogens with one attached hydrogen (secondary N) is 2. The van der Waals surface area contributed by atoms with Gasteiger partial charge in [-0.3, -0.25) is 9.59 Å². The highest BCUT2D eigenvalue weighted by molar-refractivity contribution is 6.30. The summed E-state index contributed by atoms with van der Waals surface area (Å²) in [5.74, 6) is 0.172. The van der Waals surface area contributed by atoms with Gasteiger partial charge in [0.1, 0.15) is 11.2 Å². The van der Waals surface area contributed by atoms with Crippen molar-refractivity contribution in [2.75, 3.05) is 13.7 Å². The van der Waals surface area contributed by atoms with Gasteiger partial charge in [0.15, 0.2) is 0 Å². The van der Waals surface area contributed by atoms with Gasteiger partial charge in [0.05, 0.1) is 7.11 Å². The number of amides is 2. The van der Waals surface area contributed by atoms with Gasteiger partial charge in [-0.1, -0.05) is 35.9 Å². The monoisotopic (exact) mass is 388 g/mol. The van der Waals surface area contributed by atoms with E-state index in [9.17, 15) is 9.59 Å². The van der Waals surface area contributed by atoms with Crippen LogP contribution >= 0.6 is 11.6 Å². The van der Waals surface area contributed by atoms with Crippen molar-refractivity contribution in [3.05, 3.63) is 64.7 Å². The van der Waals surface area contributed by atoms with Crippen LogP contribution in [0.4, 0.5) is 0 Å². The Hall–Kier alpha value is -2.53. The number of halogens is 1. The van der Waals surface area contributed by atoms with Gasteiger partial charge in [-0.2, -0.15) is 0 Å². The molecule has 2 amide bonds. The van der Waals surface area contributed by atoms with E-state index in [1.807, 2.05) is 36.4 Å². The lowest BCUT2D eigenvalue weighted by molar-refractivity contribution is -0.141. The maximum atomic E-state index is 12.4. The fraction of sp³-hybridized carbons (Fsp3) is 0.333. The predicted octanol–water partition coefficient (Wildman–Crippen LogP) is 3.35. The second-order valence-corrected chi connectivity index (χ2v) is 7.22. The van der Waals surface area contributed by atoms with Crippen molar-refractivity contribution in [1.82, 2.24) is 10.6 Å². The van der Waals surface area contributed by atoms with Gasteiger partial charge in [-0.15, -0.1) is 0 Å². The number of hydrogen-bond donors (Lipinski definition) is 2. The molecule has 0 aliphatic carbocycles. The first-order valence-electron chi connectivity index (χ1n) is 8.77. The Bertz CT molecular complexity index is 771. The van der Waals surface area contributed by atoms with Crippen molar-refractivity contribution < 1.29 is 14.3 Å². The van der Waals surface area contributed by atoms with Crippen molar-refractivity contribution in [3.63, 3.8) is 0 Å². The van der Waals surface area contributed by atoms with E-state index in [0.29, 0.717) is 24.5 Å². The van der Waals surface area contributed by atoms with Crippen LogP contribution in [0.25, 0.3) is 0 Å². The minimum Gasteiger partial charge on any atom is -0.497 e. The lowest BCUT2D eigenvalue weighted by atomic mass is 9.91. The molecule has 0 bridgehead atoms. The summed E-state index contributed by atoms with van der Waals surface area (Å²) in [6.07, 6.45) is 0.679. The minimum absolute atomic E-state index is 0.301. The molecule has 2 N–H and O–H groups in total. The van der Waals surface area contributed by atoms with E-state index in [0.717, 1.165) is 16.9 Å². The van der Waals surface area contributed by atoms with Crippen LogP contribution < -0.4 is 15.4 Å². The number of benzene rings is 2. The van der Waals surface area contributed by atoms with Crippen LogP contribution in [-0.4, -0.2) is 25.5 Å². The highest BCUT2D eigenvalue weighted by atomic mass is 35.5. The lowest BCUT2D eigenvalue weighted by Crippen LogP contribution is -2.48. The maximum Gasteiger partial charge on any atom is 0.235 e. The van der Waals surface area contributed by atoms with E-state index in [1.54, 1.807) is 33.1 Å². The molecule has 0 saturated heterocycles. The fourth-order valence-corrected chi connectivity index (χ4v) is 2.57. The van der Waals surface area contributed by atoms with Crippen molar-refractivity contribution in [2.24, 2.45) is 5.41 Å². The molecule has 5 nitrogen and oxygen atoms in total. The summed E-state index contributed by atoms with van der Waals surface area (Å²) >= 11 is 5.85. The zero-order valence-corrected chi connectivity index (χ0v) is 16.6. The topological polar surface area (TPSA) is 67.4 Å². The summed E-state index contributed by atoms with van der Waals surface area (Å²) < 4.78 is 5.12. The van der Waals surface area contributed by atoms with E-state index in [1.165, 1.54) is 0 Å². The molecule has 0 atom stereocenters. The van der Waals surface area contributed by atoms with Crippen LogP contribution in [0.1, 0.15) is 25.0 Å². The van der Waals surface area contributed by atoms with Crippen molar-refractivity contribution in [1.29, 1.82) is 0 Å². The highest BCUT2D eigenvalue weighted by Gasteiger charge is 2.35. The first-order chi connectivity index (χ1) is 12.8. The smallest absolute Gasteiger partial charge is 0.235 e. The Morgan fingerprint density at radius 2 is 1.48 bits per heavy atom. The van der Waals surface area contributed by atoms with Crippen LogP contribution in [0.5, 0.6) is 5.75 Å². The van der Waals surface area contributed by atoms with Gasteiger partial charge in [0, 0.05) is 18.1 Å². The largest absolute Gasteiger partial charge is 0.497 e. The maximum absolute atomic E-state index is 12.4. The van der Waals surface area contributed by atoms with E-state index in [-0.39, 0.29) is 11.8 Å². The lowest BCUT2D eigenvalue weighted by Gasteiger charge is -2.22. The average molecular weight is 389 g/mol. The Kier molecular flexibility index (Phi) is 7.25. The van der Waals surface area contributed by atoms with E-state index in [4.69, 9.17) is 16.3 Å². The molecule has 144 valence electrons. The van der Waals surface area contributed by atoms with Crippen LogP contribution in [0.15, 0.2) is 48.5 Å². The molecule has 0 aromatic heterocycles. The number of ether oxygens (including phenoxy) is 1. The van der Waals surface area contributed by atoms with Crippen molar-refractivity contribution in [3.8, 4) is 5.75 Å². The first kappa shape index (κ1) is 20.8. The third kappa shape index (κ3) is 6.00. The molecule has 0 heterocycles. The normalized spacial score (nSPS) is 11.0. The molecule has 0 fully saturated rings. The molecular formula is C21H25ClN2O3. The van der Waals surface area contributed by atoms with Gasteiger partial charge < -0.3 is 15.4 Å². The Morgan fingerprint density at radius 3 is 2.07 bits per heavy atom. The second-order valence-electron chi connectivity index (χ2n) is 6.79. The summed E-state index contributed by atoms with van der Waals surface area (Å²) in [6, 6.07) is 14.9. The van der Waals surface area contributed by atoms with Crippen molar-refractivity contribution >= 4 is 23.4 Å². The molecule has 0 radical (unpaired) electrons. The van der Waals surface area contributed by atoms with Crippen LogP contribution in [0.3, 0.4) is 0 Å². The van der Waals surface area contributed by atoms with Gasteiger partial charge in [0.25, 0.3) is 0 Å². The van der Waals surface area contributed by atoms with Gasteiger partial charge in [-0.05, 0) is 55.7 Å². The zero-order valence-electron chi connectivity index (χ0n) is 15.8. The third-order valence-corrected chi connectivity index (χ3v) is 4.61. The molecule has 2 rings (SSSR count). The number of methoxy groups -OCH3 is 1. The molecule has 0 unspecified atom stereocenters. The highest BCUT2D eigenvalue weighted by Crippen LogP contribution is 2.17. The van der Waals surface area contributed by atoms with Gasteiger partial charge in [-0.25, -0.2) is 0 Å².